The quantitative estimate of drug-likeness (QED) is 0.793. The standard InChI is InChI=1S/C18H29N3O4/c1-14-17(15(2)25-19-14)4-5-18(22)21-7-3-6-20(8-9-21)12-16-13-23-10-11-24-16/h16H,3-13H2,1-2H3. The van der Waals surface area contributed by atoms with Gasteiger partial charge in [-0.25, -0.2) is 0 Å². The molecule has 2 fully saturated rings. The molecule has 2 saturated heterocycles. The normalized spacial score (nSPS) is 22.8. The Balaban J connectivity index is 1.44. The number of aryl methyl sites for hydroxylation is 2. The van der Waals surface area contributed by atoms with Gasteiger partial charge in [-0.05, 0) is 33.2 Å². The third-order valence-electron chi connectivity index (χ3n) is 5.06. The van der Waals surface area contributed by atoms with Crippen molar-refractivity contribution in [2.75, 3.05) is 52.5 Å². The van der Waals surface area contributed by atoms with Crippen molar-refractivity contribution in [2.24, 2.45) is 0 Å². The molecule has 25 heavy (non-hydrogen) atoms. The number of rotatable bonds is 5. The molecule has 0 saturated carbocycles. The Bertz CT molecular complexity index is 549. The van der Waals surface area contributed by atoms with Crippen molar-refractivity contribution in [1.29, 1.82) is 0 Å². The van der Waals surface area contributed by atoms with E-state index < -0.39 is 0 Å². The van der Waals surface area contributed by atoms with Crippen LogP contribution in [0.2, 0.25) is 0 Å². The van der Waals surface area contributed by atoms with Gasteiger partial charge < -0.3 is 18.9 Å². The molecule has 3 heterocycles. The average Bonchev–Trinajstić information content (AvgIpc) is 2.81. The second kappa shape index (κ2) is 8.78. The molecule has 2 aliphatic heterocycles. The van der Waals surface area contributed by atoms with Crippen molar-refractivity contribution in [2.45, 2.75) is 39.2 Å². The Morgan fingerprint density at radius 1 is 1.20 bits per heavy atom. The zero-order valence-electron chi connectivity index (χ0n) is 15.3. The molecular formula is C18H29N3O4. The van der Waals surface area contributed by atoms with Crippen LogP contribution in [0.4, 0.5) is 0 Å². The van der Waals surface area contributed by atoms with Crippen molar-refractivity contribution < 1.29 is 18.8 Å². The Hall–Kier alpha value is -1.44. The highest BCUT2D eigenvalue weighted by molar-refractivity contribution is 5.76. The highest BCUT2D eigenvalue weighted by Crippen LogP contribution is 2.16. The summed E-state index contributed by atoms with van der Waals surface area (Å²) in [6.45, 7) is 10.3. The first-order valence-corrected chi connectivity index (χ1v) is 9.24. The van der Waals surface area contributed by atoms with E-state index in [1.165, 1.54) is 0 Å². The number of carbonyl (C=O) groups excluding carboxylic acids is 1. The Labute approximate surface area is 149 Å². The number of hydrogen-bond acceptors (Lipinski definition) is 6. The van der Waals surface area contributed by atoms with Gasteiger partial charge in [-0.1, -0.05) is 5.16 Å². The zero-order valence-corrected chi connectivity index (χ0v) is 15.3. The molecule has 0 aliphatic carbocycles. The number of hydrogen-bond donors (Lipinski definition) is 0. The summed E-state index contributed by atoms with van der Waals surface area (Å²) in [6.07, 6.45) is 2.39. The molecule has 140 valence electrons. The lowest BCUT2D eigenvalue weighted by atomic mass is 10.1. The second-order valence-corrected chi connectivity index (χ2v) is 6.91. The minimum Gasteiger partial charge on any atom is -0.376 e. The van der Waals surface area contributed by atoms with Crippen molar-refractivity contribution >= 4 is 5.91 Å². The van der Waals surface area contributed by atoms with Crippen LogP contribution in [0.1, 0.15) is 29.9 Å². The number of aromatic nitrogens is 1. The lowest BCUT2D eigenvalue weighted by molar-refractivity contribution is -0.131. The molecule has 1 aromatic rings. The number of ether oxygens (including phenoxy) is 2. The van der Waals surface area contributed by atoms with E-state index >= 15 is 0 Å². The Morgan fingerprint density at radius 2 is 2.08 bits per heavy atom. The van der Waals surface area contributed by atoms with Crippen LogP contribution < -0.4 is 0 Å². The van der Waals surface area contributed by atoms with E-state index in [0.717, 1.165) is 56.2 Å². The number of nitrogens with zero attached hydrogens (tertiary/aromatic N) is 3. The highest BCUT2D eigenvalue weighted by Gasteiger charge is 2.23. The van der Waals surface area contributed by atoms with Crippen molar-refractivity contribution in [3.05, 3.63) is 17.0 Å². The maximum atomic E-state index is 12.6. The van der Waals surface area contributed by atoms with Gasteiger partial charge in [0.25, 0.3) is 0 Å². The van der Waals surface area contributed by atoms with Crippen LogP contribution in [0, 0.1) is 13.8 Å². The van der Waals surface area contributed by atoms with Gasteiger partial charge in [-0.15, -0.1) is 0 Å². The molecule has 7 heteroatoms. The third kappa shape index (κ3) is 5.03. The van der Waals surface area contributed by atoms with Crippen LogP contribution in [-0.2, 0) is 20.7 Å². The van der Waals surface area contributed by atoms with E-state index in [-0.39, 0.29) is 12.0 Å². The van der Waals surface area contributed by atoms with Crippen LogP contribution in [0.15, 0.2) is 4.52 Å². The molecule has 1 unspecified atom stereocenters. The molecule has 0 radical (unpaired) electrons. The van der Waals surface area contributed by atoms with Gasteiger partial charge >= 0.3 is 0 Å². The van der Waals surface area contributed by atoms with Gasteiger partial charge in [-0.2, -0.15) is 0 Å². The molecule has 1 aromatic heterocycles. The monoisotopic (exact) mass is 351 g/mol. The zero-order chi connectivity index (χ0) is 17.6. The summed E-state index contributed by atoms with van der Waals surface area (Å²) in [6, 6.07) is 0. The van der Waals surface area contributed by atoms with Crippen LogP contribution >= 0.6 is 0 Å². The molecule has 7 nitrogen and oxygen atoms in total. The average molecular weight is 351 g/mol. The van der Waals surface area contributed by atoms with E-state index in [9.17, 15) is 4.79 Å². The predicted molar refractivity (Wildman–Crippen MR) is 92.5 cm³/mol. The fourth-order valence-corrected chi connectivity index (χ4v) is 3.58. The van der Waals surface area contributed by atoms with Crippen molar-refractivity contribution in [3.63, 3.8) is 0 Å². The van der Waals surface area contributed by atoms with Crippen LogP contribution in [0.5, 0.6) is 0 Å². The van der Waals surface area contributed by atoms with Crippen LogP contribution in [0.25, 0.3) is 0 Å². The number of amides is 1. The van der Waals surface area contributed by atoms with E-state index in [1.54, 1.807) is 0 Å². The molecular weight excluding hydrogens is 322 g/mol. The van der Waals surface area contributed by atoms with Crippen LogP contribution in [-0.4, -0.2) is 79.5 Å². The molecule has 1 atom stereocenters. The SMILES string of the molecule is Cc1noc(C)c1CCC(=O)N1CCCN(CC2COCCO2)CC1. The summed E-state index contributed by atoms with van der Waals surface area (Å²) in [5.41, 5.74) is 1.96. The van der Waals surface area contributed by atoms with Gasteiger partial charge in [-0.3, -0.25) is 9.69 Å². The lowest BCUT2D eigenvalue weighted by Crippen LogP contribution is -2.42. The first-order valence-electron chi connectivity index (χ1n) is 9.24. The van der Waals surface area contributed by atoms with Gasteiger partial charge in [0.05, 0.1) is 31.6 Å². The summed E-state index contributed by atoms with van der Waals surface area (Å²) in [5, 5.41) is 3.96. The topological polar surface area (TPSA) is 68.0 Å². The number of carbonyl (C=O) groups is 1. The van der Waals surface area contributed by atoms with E-state index in [0.29, 0.717) is 32.7 Å². The van der Waals surface area contributed by atoms with Gasteiger partial charge in [0, 0.05) is 38.2 Å². The molecule has 2 aliphatic rings. The molecule has 3 rings (SSSR count). The van der Waals surface area contributed by atoms with Gasteiger partial charge in [0.15, 0.2) is 0 Å². The minimum absolute atomic E-state index is 0.163. The molecule has 0 N–H and O–H groups in total. The Morgan fingerprint density at radius 3 is 2.80 bits per heavy atom. The fraction of sp³-hybridized carbons (Fsp3) is 0.778. The van der Waals surface area contributed by atoms with Crippen molar-refractivity contribution in [1.82, 2.24) is 15.0 Å². The first-order chi connectivity index (χ1) is 12.1. The highest BCUT2D eigenvalue weighted by atomic mass is 16.6. The third-order valence-corrected chi connectivity index (χ3v) is 5.06. The lowest BCUT2D eigenvalue weighted by Gasteiger charge is -2.29. The van der Waals surface area contributed by atoms with E-state index in [1.807, 2.05) is 18.7 Å². The molecule has 0 bridgehead atoms. The van der Waals surface area contributed by atoms with Crippen LogP contribution in [0.3, 0.4) is 0 Å². The van der Waals surface area contributed by atoms with Gasteiger partial charge in [0.1, 0.15) is 5.76 Å². The summed E-state index contributed by atoms with van der Waals surface area (Å²) in [4.78, 5) is 17.0. The maximum Gasteiger partial charge on any atom is 0.222 e. The predicted octanol–water partition coefficient (Wildman–Crippen LogP) is 1.17. The van der Waals surface area contributed by atoms with Gasteiger partial charge in [0.2, 0.25) is 5.91 Å². The van der Waals surface area contributed by atoms with E-state index in [4.69, 9.17) is 14.0 Å². The molecule has 0 spiro atoms. The smallest absolute Gasteiger partial charge is 0.222 e. The summed E-state index contributed by atoms with van der Waals surface area (Å²) < 4.78 is 16.4. The molecule has 0 aromatic carbocycles. The maximum absolute atomic E-state index is 12.6. The summed E-state index contributed by atoms with van der Waals surface area (Å²) in [7, 11) is 0. The fourth-order valence-electron chi connectivity index (χ4n) is 3.58. The Kier molecular flexibility index (Phi) is 6.45. The molecule has 1 amide bonds. The largest absolute Gasteiger partial charge is 0.376 e. The van der Waals surface area contributed by atoms with E-state index in [2.05, 4.69) is 10.1 Å². The second-order valence-electron chi connectivity index (χ2n) is 6.91. The summed E-state index contributed by atoms with van der Waals surface area (Å²) >= 11 is 0. The minimum atomic E-state index is 0.163. The summed E-state index contributed by atoms with van der Waals surface area (Å²) in [5.74, 6) is 1.04. The van der Waals surface area contributed by atoms with Crippen molar-refractivity contribution in [3.8, 4) is 0 Å². The first kappa shape index (κ1) is 18.4.